The number of rotatable bonds is 0. The van der Waals surface area contributed by atoms with Gasteiger partial charge in [0.25, 0.3) is 0 Å². The van der Waals surface area contributed by atoms with Crippen molar-refractivity contribution in [1.82, 2.24) is 5.32 Å². The van der Waals surface area contributed by atoms with Gasteiger partial charge in [-0.2, -0.15) is 13.2 Å². The van der Waals surface area contributed by atoms with Crippen molar-refractivity contribution < 1.29 is 13.2 Å². The van der Waals surface area contributed by atoms with E-state index in [1.807, 2.05) is 0 Å². The second kappa shape index (κ2) is 3.01. The minimum absolute atomic E-state index is 0.171. The predicted octanol–water partition coefficient (Wildman–Crippen LogP) is 2.55. The van der Waals surface area contributed by atoms with Crippen LogP contribution < -0.4 is 5.32 Å². The molecule has 0 saturated carbocycles. The molecule has 0 amide bonds. The second-order valence-corrected chi connectivity index (χ2v) is 2.95. The van der Waals surface area contributed by atoms with Gasteiger partial charge in [-0.3, -0.25) is 0 Å². The van der Waals surface area contributed by atoms with E-state index in [-0.39, 0.29) is 11.1 Å². The van der Waals surface area contributed by atoms with Gasteiger partial charge in [0.05, 0.1) is 11.6 Å². The van der Waals surface area contributed by atoms with Crippen LogP contribution in [-0.4, -0.2) is 12.2 Å². The number of nitrogens with one attached hydrogen (secondary N) is 1. The molecule has 0 radical (unpaired) electrons. The molecule has 0 bridgehead atoms. The average molecular weight is 198 g/mol. The summed E-state index contributed by atoms with van der Waals surface area (Å²) in [7, 11) is 0. The van der Waals surface area contributed by atoms with Crippen LogP contribution in [0.2, 0.25) is 0 Å². The van der Waals surface area contributed by atoms with Crippen LogP contribution in [0.25, 0.3) is 0 Å². The van der Waals surface area contributed by atoms with E-state index in [2.05, 4.69) is 5.32 Å². The molecule has 0 saturated heterocycles. The molecular formula is C7H7ClF3N. The molecule has 1 aliphatic rings. The molecule has 0 aromatic rings. The second-order valence-electron chi connectivity index (χ2n) is 2.52. The summed E-state index contributed by atoms with van der Waals surface area (Å²) in [5.41, 5.74) is -0.745. The first-order valence-electron chi connectivity index (χ1n) is 3.32. The normalized spacial score (nSPS) is 24.2. The van der Waals surface area contributed by atoms with Gasteiger partial charge in [0.2, 0.25) is 0 Å². The van der Waals surface area contributed by atoms with Crippen molar-refractivity contribution in [3.05, 3.63) is 22.9 Å². The van der Waals surface area contributed by atoms with Crippen molar-refractivity contribution in [1.29, 1.82) is 0 Å². The van der Waals surface area contributed by atoms with E-state index >= 15 is 0 Å². The third-order valence-electron chi connectivity index (χ3n) is 1.52. The maximum absolute atomic E-state index is 12.0. The first kappa shape index (κ1) is 9.45. The molecule has 68 valence electrons. The van der Waals surface area contributed by atoms with Crippen LogP contribution in [0.1, 0.15) is 6.92 Å². The molecular weight excluding hydrogens is 191 g/mol. The topological polar surface area (TPSA) is 12.0 Å². The number of hydrogen-bond donors (Lipinski definition) is 1. The lowest BCUT2D eigenvalue weighted by Crippen LogP contribution is -2.27. The Balaban J connectivity index is 2.85. The SMILES string of the molecule is CC1NC=C(C(F)(F)F)C=C1Cl. The smallest absolute Gasteiger partial charge is 0.383 e. The summed E-state index contributed by atoms with van der Waals surface area (Å²) in [5.74, 6) is 0. The quantitative estimate of drug-likeness (QED) is 0.629. The van der Waals surface area contributed by atoms with Crippen molar-refractivity contribution in [3.8, 4) is 0 Å². The predicted molar refractivity (Wildman–Crippen MR) is 40.7 cm³/mol. The number of dihydropyridines is 1. The molecule has 0 aromatic carbocycles. The molecule has 1 rings (SSSR count). The van der Waals surface area contributed by atoms with E-state index in [4.69, 9.17) is 11.6 Å². The van der Waals surface area contributed by atoms with E-state index in [0.717, 1.165) is 12.3 Å². The number of allylic oxidation sites excluding steroid dienone is 2. The van der Waals surface area contributed by atoms with Crippen LogP contribution in [0.15, 0.2) is 22.9 Å². The van der Waals surface area contributed by atoms with Crippen molar-refractivity contribution in [2.45, 2.75) is 19.1 Å². The van der Waals surface area contributed by atoms with Crippen molar-refractivity contribution >= 4 is 11.6 Å². The number of hydrogen-bond acceptors (Lipinski definition) is 1. The third kappa shape index (κ3) is 1.94. The molecule has 0 aromatic heterocycles. The van der Waals surface area contributed by atoms with Gasteiger partial charge in [0, 0.05) is 11.2 Å². The van der Waals surface area contributed by atoms with Crippen LogP contribution >= 0.6 is 11.6 Å². The van der Waals surface area contributed by atoms with E-state index in [9.17, 15) is 13.2 Å². The maximum atomic E-state index is 12.0. The van der Waals surface area contributed by atoms with E-state index < -0.39 is 11.7 Å². The summed E-state index contributed by atoms with van der Waals surface area (Å²) in [6, 6.07) is -0.238. The summed E-state index contributed by atoms with van der Waals surface area (Å²) < 4.78 is 36.1. The van der Waals surface area contributed by atoms with E-state index in [1.165, 1.54) is 0 Å². The Labute approximate surface area is 72.9 Å². The highest BCUT2D eigenvalue weighted by Gasteiger charge is 2.34. The zero-order valence-electron chi connectivity index (χ0n) is 6.24. The van der Waals surface area contributed by atoms with Gasteiger partial charge in [0.15, 0.2) is 0 Å². The highest BCUT2D eigenvalue weighted by atomic mass is 35.5. The molecule has 1 atom stereocenters. The molecule has 0 fully saturated rings. The fraction of sp³-hybridized carbons (Fsp3) is 0.429. The summed E-state index contributed by atoms with van der Waals surface area (Å²) >= 11 is 5.53. The number of alkyl halides is 3. The zero-order chi connectivity index (χ0) is 9.35. The third-order valence-corrected chi connectivity index (χ3v) is 1.96. The van der Waals surface area contributed by atoms with Gasteiger partial charge in [-0.25, -0.2) is 0 Å². The molecule has 1 unspecified atom stereocenters. The molecule has 1 aliphatic heterocycles. The van der Waals surface area contributed by atoms with Gasteiger partial charge in [-0.1, -0.05) is 11.6 Å². The number of halogens is 4. The minimum Gasteiger partial charge on any atom is -0.383 e. The Morgan fingerprint density at radius 1 is 1.50 bits per heavy atom. The Morgan fingerprint density at radius 2 is 2.08 bits per heavy atom. The Kier molecular flexibility index (Phi) is 2.37. The molecule has 1 N–H and O–H groups in total. The van der Waals surface area contributed by atoms with Gasteiger partial charge >= 0.3 is 6.18 Å². The molecule has 1 heterocycles. The van der Waals surface area contributed by atoms with Crippen molar-refractivity contribution in [2.75, 3.05) is 0 Å². The molecule has 5 heteroatoms. The summed E-state index contributed by atoms with van der Waals surface area (Å²) in [6.07, 6.45) is -2.47. The Morgan fingerprint density at radius 3 is 2.50 bits per heavy atom. The van der Waals surface area contributed by atoms with Crippen LogP contribution in [-0.2, 0) is 0 Å². The monoisotopic (exact) mass is 197 g/mol. The van der Waals surface area contributed by atoms with Crippen LogP contribution in [0.4, 0.5) is 13.2 Å². The fourth-order valence-electron chi connectivity index (χ4n) is 0.773. The van der Waals surface area contributed by atoms with Gasteiger partial charge < -0.3 is 5.32 Å². The van der Waals surface area contributed by atoms with E-state index in [0.29, 0.717) is 0 Å². The molecule has 0 aliphatic carbocycles. The Hall–Kier alpha value is -0.640. The van der Waals surface area contributed by atoms with Crippen molar-refractivity contribution in [3.63, 3.8) is 0 Å². The molecule has 1 nitrogen and oxygen atoms in total. The standard InChI is InChI=1S/C7H7ClF3N/c1-4-6(8)2-5(3-12-4)7(9,10)11/h2-4,12H,1H3. The van der Waals surface area contributed by atoms with Gasteiger partial charge in [-0.15, -0.1) is 0 Å². The molecule has 0 spiro atoms. The molecule has 12 heavy (non-hydrogen) atoms. The zero-order valence-corrected chi connectivity index (χ0v) is 7.00. The minimum atomic E-state index is -4.33. The summed E-state index contributed by atoms with van der Waals surface area (Å²) in [5, 5.41) is 2.68. The highest BCUT2D eigenvalue weighted by molar-refractivity contribution is 6.30. The lowest BCUT2D eigenvalue weighted by atomic mass is 10.1. The van der Waals surface area contributed by atoms with Gasteiger partial charge in [-0.05, 0) is 13.0 Å². The van der Waals surface area contributed by atoms with Crippen LogP contribution in [0, 0.1) is 0 Å². The summed E-state index contributed by atoms with van der Waals surface area (Å²) in [4.78, 5) is 0. The van der Waals surface area contributed by atoms with Gasteiger partial charge in [0.1, 0.15) is 0 Å². The maximum Gasteiger partial charge on any atom is 0.417 e. The first-order valence-corrected chi connectivity index (χ1v) is 3.69. The lowest BCUT2D eigenvalue weighted by molar-refractivity contribution is -0.0888. The van der Waals surface area contributed by atoms with Crippen molar-refractivity contribution in [2.24, 2.45) is 0 Å². The lowest BCUT2D eigenvalue weighted by Gasteiger charge is -2.19. The average Bonchev–Trinajstić information content (AvgIpc) is 1.92. The van der Waals surface area contributed by atoms with Crippen LogP contribution in [0.3, 0.4) is 0 Å². The Bertz CT molecular complexity index is 242. The largest absolute Gasteiger partial charge is 0.417 e. The summed E-state index contributed by atoms with van der Waals surface area (Å²) in [6.45, 7) is 1.68. The highest BCUT2D eigenvalue weighted by Crippen LogP contribution is 2.30. The fourth-order valence-corrected chi connectivity index (χ4v) is 0.954. The van der Waals surface area contributed by atoms with E-state index in [1.54, 1.807) is 6.92 Å². The first-order chi connectivity index (χ1) is 5.41. The van der Waals surface area contributed by atoms with Crippen LogP contribution in [0.5, 0.6) is 0 Å².